The van der Waals surface area contributed by atoms with Crippen LogP contribution in [0.2, 0.25) is 13.3 Å². The first-order valence-electron chi connectivity index (χ1n) is 9.04. The first-order valence-corrected chi connectivity index (χ1v) is 16.0. The van der Waals surface area contributed by atoms with Crippen molar-refractivity contribution >= 4 is 19.8 Å². The fourth-order valence-corrected chi connectivity index (χ4v) is 16.8. The van der Waals surface area contributed by atoms with E-state index in [1.54, 1.807) is 13.3 Å². The summed E-state index contributed by atoms with van der Waals surface area (Å²) in [5, 5.41) is 0. The molecule has 0 aromatic rings. The molecule has 0 radical (unpaired) electrons. The van der Waals surface area contributed by atoms with E-state index in [2.05, 4.69) is 77.8 Å². The second-order valence-electron chi connectivity index (χ2n) is 8.68. The van der Waals surface area contributed by atoms with E-state index in [4.69, 9.17) is 0 Å². The van der Waals surface area contributed by atoms with Crippen LogP contribution in [-0.2, 0) is 0 Å². The van der Waals surface area contributed by atoms with Gasteiger partial charge in [-0.3, -0.25) is 0 Å². The van der Waals surface area contributed by atoms with Crippen molar-refractivity contribution in [3.63, 3.8) is 0 Å². The molecule has 0 aromatic carbocycles. The molecule has 0 bridgehead atoms. The fraction of sp³-hybridized carbons (Fsp3) is 1.00. The first kappa shape index (κ1) is 22.7. The molecule has 22 heavy (non-hydrogen) atoms. The molecule has 0 amide bonds. The summed E-state index contributed by atoms with van der Waals surface area (Å²) >= 11 is -1.44. The third kappa shape index (κ3) is 13.1. The van der Waals surface area contributed by atoms with Crippen molar-refractivity contribution in [2.75, 3.05) is 61.9 Å². The summed E-state index contributed by atoms with van der Waals surface area (Å²) in [6.07, 6.45) is 0. The van der Waals surface area contributed by atoms with Gasteiger partial charge in [-0.25, -0.2) is 0 Å². The Morgan fingerprint density at radius 3 is 0.955 bits per heavy atom. The van der Waals surface area contributed by atoms with Crippen molar-refractivity contribution in [3.05, 3.63) is 0 Å². The monoisotopic (exact) mass is 421 g/mol. The van der Waals surface area contributed by atoms with Gasteiger partial charge in [0.25, 0.3) is 0 Å². The molecule has 0 aliphatic carbocycles. The summed E-state index contributed by atoms with van der Waals surface area (Å²) in [5.41, 5.74) is 0. The van der Waals surface area contributed by atoms with Gasteiger partial charge in [-0.05, 0) is 0 Å². The standard InChI is InChI=1S/3C6H14N.Sn.H/c3*1-6(2)5-7(3)4;;/h3*6H,1,5H2,2-4H3;;. The molecule has 3 atom stereocenters. The molecule has 0 aliphatic heterocycles. The van der Waals surface area contributed by atoms with Gasteiger partial charge in [0.05, 0.1) is 0 Å². The van der Waals surface area contributed by atoms with Crippen molar-refractivity contribution in [2.24, 2.45) is 17.8 Å². The summed E-state index contributed by atoms with van der Waals surface area (Å²) in [6, 6.07) is 0. The van der Waals surface area contributed by atoms with Gasteiger partial charge >= 0.3 is 148 Å². The molecule has 3 unspecified atom stereocenters. The Morgan fingerprint density at radius 2 is 0.773 bits per heavy atom. The number of hydrogen-bond acceptors (Lipinski definition) is 3. The molecule has 0 N–H and O–H groups in total. The SMILES string of the molecule is CC(CN(C)C)[CH2][SnH]([CH2]C(C)CN(C)C)[CH2]C(C)CN(C)C. The Balaban J connectivity index is 4.53. The van der Waals surface area contributed by atoms with Gasteiger partial charge in [0.15, 0.2) is 0 Å². The molecule has 3 nitrogen and oxygen atoms in total. The van der Waals surface area contributed by atoms with Crippen molar-refractivity contribution in [1.82, 2.24) is 14.7 Å². The van der Waals surface area contributed by atoms with Gasteiger partial charge in [-0.15, -0.1) is 0 Å². The topological polar surface area (TPSA) is 9.72 Å². The van der Waals surface area contributed by atoms with Crippen LogP contribution in [0.5, 0.6) is 0 Å². The maximum absolute atomic E-state index is 2.47. The second-order valence-corrected chi connectivity index (χ2v) is 17.7. The van der Waals surface area contributed by atoms with E-state index in [0.717, 1.165) is 17.8 Å². The normalized spacial score (nSPS) is 18.0. The summed E-state index contributed by atoms with van der Waals surface area (Å²) in [4.78, 5) is 7.08. The zero-order chi connectivity index (χ0) is 17.3. The number of rotatable bonds is 12. The van der Waals surface area contributed by atoms with E-state index in [1.807, 2.05) is 0 Å². The maximum atomic E-state index is 2.47. The molecule has 0 aromatic heterocycles. The molecular weight excluding hydrogens is 377 g/mol. The van der Waals surface area contributed by atoms with Gasteiger partial charge in [0.1, 0.15) is 0 Å². The minimum atomic E-state index is -1.44. The van der Waals surface area contributed by atoms with Crippen molar-refractivity contribution in [1.29, 1.82) is 0 Å². The Kier molecular flexibility index (Phi) is 12.5. The fourth-order valence-electron chi connectivity index (χ4n) is 4.09. The van der Waals surface area contributed by atoms with Crippen LogP contribution >= 0.6 is 0 Å². The molecule has 0 spiro atoms. The third-order valence-electron chi connectivity index (χ3n) is 4.24. The van der Waals surface area contributed by atoms with Gasteiger partial charge in [-0.2, -0.15) is 0 Å². The van der Waals surface area contributed by atoms with E-state index in [9.17, 15) is 0 Å². The molecule has 134 valence electrons. The van der Waals surface area contributed by atoms with E-state index in [1.165, 1.54) is 19.6 Å². The van der Waals surface area contributed by atoms with Crippen LogP contribution in [0.4, 0.5) is 0 Å². The first-order chi connectivity index (χ1) is 10.1. The Bertz CT molecular complexity index is 226. The van der Waals surface area contributed by atoms with Crippen molar-refractivity contribution in [2.45, 2.75) is 34.1 Å². The molecule has 0 fully saturated rings. The molecule has 0 rings (SSSR count). The average Bonchev–Trinajstić information content (AvgIpc) is 2.23. The Labute approximate surface area is 148 Å². The second kappa shape index (κ2) is 12.1. The predicted octanol–water partition coefficient (Wildman–Crippen LogP) is 2.81. The zero-order valence-electron chi connectivity index (χ0n) is 16.9. The van der Waals surface area contributed by atoms with E-state index >= 15 is 0 Å². The van der Waals surface area contributed by atoms with E-state index in [-0.39, 0.29) is 0 Å². The summed E-state index contributed by atoms with van der Waals surface area (Å²) in [5.74, 6) is 2.65. The van der Waals surface area contributed by atoms with Gasteiger partial charge in [-0.1, -0.05) is 0 Å². The molecule has 4 heteroatoms. The van der Waals surface area contributed by atoms with Crippen molar-refractivity contribution in [3.8, 4) is 0 Å². The van der Waals surface area contributed by atoms with Crippen LogP contribution in [0.1, 0.15) is 20.8 Å². The summed E-state index contributed by atoms with van der Waals surface area (Å²) in [6.45, 7) is 11.2. The van der Waals surface area contributed by atoms with Crippen LogP contribution < -0.4 is 0 Å². The van der Waals surface area contributed by atoms with Crippen LogP contribution in [0.3, 0.4) is 0 Å². The molecule has 0 saturated heterocycles. The molecule has 0 saturated carbocycles. The quantitative estimate of drug-likeness (QED) is 0.450. The number of nitrogens with zero attached hydrogens (tertiary/aromatic N) is 3. The summed E-state index contributed by atoms with van der Waals surface area (Å²) < 4.78 is 4.74. The third-order valence-corrected chi connectivity index (χ3v) is 16.8. The number of hydrogen-bond donors (Lipinski definition) is 0. The minimum absolute atomic E-state index is 0.883. The van der Waals surface area contributed by atoms with Gasteiger partial charge < -0.3 is 0 Å². The van der Waals surface area contributed by atoms with E-state index < -0.39 is 19.8 Å². The Hall–Kier alpha value is 0.679. The van der Waals surface area contributed by atoms with Crippen LogP contribution in [0, 0.1) is 17.8 Å². The molecular formula is C18H43N3Sn. The Morgan fingerprint density at radius 1 is 0.545 bits per heavy atom. The summed E-state index contributed by atoms with van der Waals surface area (Å²) in [7, 11) is 13.3. The van der Waals surface area contributed by atoms with Crippen molar-refractivity contribution < 1.29 is 0 Å². The zero-order valence-corrected chi connectivity index (χ0v) is 20.2. The van der Waals surface area contributed by atoms with Gasteiger partial charge in [0, 0.05) is 0 Å². The van der Waals surface area contributed by atoms with Crippen LogP contribution in [0.25, 0.3) is 0 Å². The van der Waals surface area contributed by atoms with E-state index in [0.29, 0.717) is 0 Å². The molecule has 0 heterocycles. The predicted molar refractivity (Wildman–Crippen MR) is 105 cm³/mol. The average molecular weight is 420 g/mol. The van der Waals surface area contributed by atoms with Crippen LogP contribution in [0.15, 0.2) is 0 Å². The van der Waals surface area contributed by atoms with Gasteiger partial charge in [0.2, 0.25) is 0 Å². The molecule has 0 aliphatic rings. The van der Waals surface area contributed by atoms with Crippen LogP contribution in [-0.4, -0.2) is 96.4 Å².